The smallest absolute Gasteiger partial charge is 0.338 e. The summed E-state index contributed by atoms with van der Waals surface area (Å²) in [5.74, 6) is -0.705. The van der Waals surface area contributed by atoms with Crippen LogP contribution in [0.4, 0.5) is 11.4 Å². The Hall–Kier alpha value is -4.75. The number of amides is 2. The van der Waals surface area contributed by atoms with Crippen LogP contribution in [-0.2, 0) is 32.2 Å². The number of nitrogens with two attached hydrogens (primary N) is 1. The topological polar surface area (TPSA) is 173 Å². The Balaban J connectivity index is 1.11. The monoisotopic (exact) mass is 698 g/mol. The molecule has 1 aliphatic rings. The summed E-state index contributed by atoms with van der Waals surface area (Å²) >= 11 is 1.34. The second kappa shape index (κ2) is 18.3. The van der Waals surface area contributed by atoms with Gasteiger partial charge < -0.3 is 36.1 Å². The first-order valence-corrected chi connectivity index (χ1v) is 17.6. The summed E-state index contributed by atoms with van der Waals surface area (Å²) in [7, 11) is 0. The van der Waals surface area contributed by atoms with Crippen molar-refractivity contribution in [2.24, 2.45) is 0 Å². The van der Waals surface area contributed by atoms with Crippen molar-refractivity contribution in [3.63, 3.8) is 0 Å². The molecule has 4 aromatic rings. The number of carboxylic acid groups (broad SMARTS) is 1. The number of aromatic nitrogens is 1. The predicted octanol–water partition coefficient (Wildman–Crippen LogP) is 6.40. The number of aliphatic hydroxyl groups is 1. The van der Waals surface area contributed by atoms with Gasteiger partial charge in [-0.1, -0.05) is 67.1 Å². The molecular formula is C38H42N4O7S. The number of hydrogen-bond donors (Lipinski definition) is 5. The molecule has 0 spiro atoms. The van der Waals surface area contributed by atoms with Crippen LogP contribution >= 0.6 is 11.8 Å². The Labute approximate surface area is 295 Å². The summed E-state index contributed by atoms with van der Waals surface area (Å²) in [6, 6.07) is 25.6. The van der Waals surface area contributed by atoms with E-state index in [4.69, 9.17) is 15.2 Å². The van der Waals surface area contributed by atoms with E-state index < -0.39 is 12.3 Å². The second-order valence-electron chi connectivity index (χ2n) is 12.0. The van der Waals surface area contributed by atoms with E-state index in [1.807, 2.05) is 60.7 Å². The molecule has 3 aromatic carbocycles. The first kappa shape index (κ1) is 36.5. The van der Waals surface area contributed by atoms with E-state index in [0.717, 1.165) is 28.7 Å². The standard InChI is InChI=1S/C38H42N4O7S/c39-31-8-4-5-9-32(31)42-35(45)11-3-1-2-10-34(44)41-22-25-12-18-28(19-13-25)38-48-29(24-50-36-30(37(46)47)7-6-20-40-36)21-33(49-38)27-16-14-26(23-43)15-17-27/h4-9,12-20,29,33,38,43H,1-3,10-11,21-24,39H2,(H,41,44)(H,42,45)(H,46,47). The number of benzene rings is 3. The Bertz CT molecular complexity index is 1740. The van der Waals surface area contributed by atoms with E-state index in [-0.39, 0.29) is 36.2 Å². The highest BCUT2D eigenvalue weighted by molar-refractivity contribution is 7.99. The van der Waals surface area contributed by atoms with Crippen molar-refractivity contribution in [1.82, 2.24) is 10.3 Å². The Morgan fingerprint density at radius 3 is 2.26 bits per heavy atom. The third kappa shape index (κ3) is 10.6. The fraction of sp³-hybridized carbons (Fsp3) is 0.316. The number of unbranched alkanes of at least 4 members (excludes halogenated alkanes) is 2. The van der Waals surface area contributed by atoms with Gasteiger partial charge in [0.2, 0.25) is 11.8 Å². The number of para-hydroxylation sites is 2. The number of aliphatic hydroxyl groups excluding tert-OH is 1. The van der Waals surface area contributed by atoms with Gasteiger partial charge in [0.1, 0.15) is 5.03 Å². The van der Waals surface area contributed by atoms with Crippen molar-refractivity contribution in [1.29, 1.82) is 0 Å². The molecule has 1 aromatic heterocycles. The van der Waals surface area contributed by atoms with Gasteiger partial charge in [-0.2, -0.15) is 0 Å². The highest BCUT2D eigenvalue weighted by Gasteiger charge is 2.32. The van der Waals surface area contributed by atoms with Gasteiger partial charge in [0.15, 0.2) is 6.29 Å². The molecule has 0 saturated carbocycles. The quantitative estimate of drug-likeness (QED) is 0.0501. The number of hydrogen-bond acceptors (Lipinski definition) is 9. The third-order valence-electron chi connectivity index (χ3n) is 8.31. The van der Waals surface area contributed by atoms with Crippen LogP contribution in [-0.4, -0.2) is 44.8 Å². The first-order valence-electron chi connectivity index (χ1n) is 16.6. The number of carbonyl (C=O) groups is 3. The van der Waals surface area contributed by atoms with Crippen molar-refractivity contribution in [2.75, 3.05) is 16.8 Å². The first-order chi connectivity index (χ1) is 24.3. The summed E-state index contributed by atoms with van der Waals surface area (Å²) in [6.45, 7) is 0.327. The summed E-state index contributed by atoms with van der Waals surface area (Å²) < 4.78 is 12.8. The van der Waals surface area contributed by atoms with Crippen molar-refractivity contribution in [2.45, 2.75) is 75.2 Å². The normalized spacial score (nSPS) is 17.2. The van der Waals surface area contributed by atoms with E-state index in [1.165, 1.54) is 17.8 Å². The third-order valence-corrected chi connectivity index (χ3v) is 9.44. The highest BCUT2D eigenvalue weighted by Crippen LogP contribution is 2.39. The molecule has 3 atom stereocenters. The lowest BCUT2D eigenvalue weighted by atomic mass is 10.0. The number of pyridine rings is 1. The fourth-order valence-electron chi connectivity index (χ4n) is 5.52. The number of nitrogens with one attached hydrogen (secondary N) is 2. The average molecular weight is 699 g/mol. The molecule has 0 radical (unpaired) electrons. The van der Waals surface area contributed by atoms with E-state index in [2.05, 4.69) is 15.6 Å². The zero-order valence-corrected chi connectivity index (χ0v) is 28.4. The molecule has 50 heavy (non-hydrogen) atoms. The summed E-state index contributed by atoms with van der Waals surface area (Å²) in [5, 5.41) is 25.3. The molecule has 11 nitrogen and oxygen atoms in total. The fourth-order valence-corrected chi connectivity index (χ4v) is 6.52. The lowest BCUT2D eigenvalue weighted by Gasteiger charge is -2.36. The molecule has 262 valence electrons. The van der Waals surface area contributed by atoms with Crippen LogP contribution in [0.25, 0.3) is 0 Å². The van der Waals surface area contributed by atoms with Crippen LogP contribution in [0, 0.1) is 0 Å². The van der Waals surface area contributed by atoms with E-state index >= 15 is 0 Å². The van der Waals surface area contributed by atoms with Crippen LogP contribution in [0.5, 0.6) is 0 Å². The Morgan fingerprint density at radius 1 is 0.840 bits per heavy atom. The number of ether oxygens (including phenoxy) is 2. The molecule has 5 rings (SSSR count). The van der Waals surface area contributed by atoms with E-state index in [9.17, 15) is 24.6 Å². The summed E-state index contributed by atoms with van der Waals surface area (Å²) in [5.41, 5.74) is 10.7. The van der Waals surface area contributed by atoms with Crippen LogP contribution in [0.1, 0.15) is 83.5 Å². The van der Waals surface area contributed by atoms with Gasteiger partial charge in [-0.3, -0.25) is 9.59 Å². The summed E-state index contributed by atoms with van der Waals surface area (Å²) in [6.07, 6.45) is 3.77. The SMILES string of the molecule is Nc1ccccc1NC(=O)CCCCCC(=O)NCc1ccc(C2OC(CSc3ncccc3C(=O)O)CC(c3ccc(CO)cc3)O2)cc1. The molecular weight excluding hydrogens is 657 g/mol. The minimum absolute atomic E-state index is 0.0498. The minimum Gasteiger partial charge on any atom is -0.478 e. The molecule has 12 heteroatoms. The van der Waals surface area contributed by atoms with Gasteiger partial charge in [0.05, 0.1) is 35.8 Å². The van der Waals surface area contributed by atoms with Crippen molar-refractivity contribution < 1.29 is 34.1 Å². The number of carbonyl (C=O) groups excluding carboxylic acids is 2. The van der Waals surface area contributed by atoms with Gasteiger partial charge in [-0.15, -0.1) is 11.8 Å². The number of nitrogen functional groups attached to an aromatic ring is 1. The van der Waals surface area contributed by atoms with Crippen LogP contribution in [0.3, 0.4) is 0 Å². The molecule has 0 bridgehead atoms. The molecule has 2 heterocycles. The number of nitrogens with zero attached hydrogens (tertiary/aromatic N) is 1. The van der Waals surface area contributed by atoms with Gasteiger partial charge >= 0.3 is 5.97 Å². The second-order valence-corrected chi connectivity index (χ2v) is 13.0. The lowest BCUT2D eigenvalue weighted by Crippen LogP contribution is -2.31. The maximum absolute atomic E-state index is 12.5. The maximum atomic E-state index is 12.5. The van der Waals surface area contributed by atoms with E-state index in [1.54, 1.807) is 24.4 Å². The maximum Gasteiger partial charge on any atom is 0.338 e. The number of thioether (sulfide) groups is 1. The largest absolute Gasteiger partial charge is 0.478 e. The average Bonchev–Trinajstić information content (AvgIpc) is 3.14. The zero-order chi connectivity index (χ0) is 35.3. The van der Waals surface area contributed by atoms with Gasteiger partial charge in [-0.05, 0) is 53.8 Å². The van der Waals surface area contributed by atoms with E-state index in [0.29, 0.717) is 60.8 Å². The molecule has 1 aliphatic heterocycles. The van der Waals surface area contributed by atoms with Crippen LogP contribution in [0.15, 0.2) is 96.2 Å². The van der Waals surface area contributed by atoms with Crippen molar-refractivity contribution in [3.05, 3.63) is 119 Å². The lowest BCUT2D eigenvalue weighted by molar-refractivity contribution is -0.245. The molecule has 1 fully saturated rings. The minimum atomic E-state index is -1.03. The van der Waals surface area contributed by atoms with Crippen LogP contribution < -0.4 is 16.4 Å². The molecule has 3 unspecified atom stereocenters. The zero-order valence-electron chi connectivity index (χ0n) is 27.6. The molecule has 1 saturated heterocycles. The van der Waals surface area contributed by atoms with Crippen molar-refractivity contribution in [3.8, 4) is 0 Å². The van der Waals surface area contributed by atoms with Gasteiger partial charge in [0.25, 0.3) is 0 Å². The Morgan fingerprint density at radius 2 is 1.54 bits per heavy atom. The number of aromatic carboxylic acids is 1. The predicted molar refractivity (Wildman–Crippen MR) is 191 cm³/mol. The Kier molecular flexibility index (Phi) is 13.4. The number of carboxylic acids is 1. The molecule has 2 amide bonds. The molecule has 0 aliphatic carbocycles. The van der Waals surface area contributed by atoms with Crippen molar-refractivity contribution >= 4 is 40.9 Å². The number of rotatable bonds is 16. The molecule has 6 N–H and O–H groups in total. The van der Waals surface area contributed by atoms with Gasteiger partial charge in [0, 0.05) is 43.3 Å². The number of anilines is 2. The van der Waals surface area contributed by atoms with Gasteiger partial charge in [-0.25, -0.2) is 9.78 Å². The summed E-state index contributed by atoms with van der Waals surface area (Å²) in [4.78, 5) is 40.6. The highest BCUT2D eigenvalue weighted by atomic mass is 32.2. The van der Waals surface area contributed by atoms with Crippen LogP contribution in [0.2, 0.25) is 0 Å².